The maximum Gasteiger partial charge on any atom is 0.126 e. The van der Waals surface area contributed by atoms with Gasteiger partial charge in [-0.05, 0) is 36.6 Å². The SMILES string of the molecule is Cc1cc(/C=C/CCN2CCNCC2)ccc1F. The second-order valence-electron chi connectivity index (χ2n) is 4.79. The molecule has 0 atom stereocenters. The summed E-state index contributed by atoms with van der Waals surface area (Å²) < 4.78 is 13.1. The Morgan fingerprint density at radius 3 is 2.83 bits per heavy atom. The minimum absolute atomic E-state index is 0.132. The number of hydrogen-bond acceptors (Lipinski definition) is 2. The van der Waals surface area contributed by atoms with Crippen molar-refractivity contribution in [1.82, 2.24) is 10.2 Å². The molecule has 1 aromatic carbocycles. The molecule has 1 saturated heterocycles. The lowest BCUT2D eigenvalue weighted by Gasteiger charge is -2.26. The van der Waals surface area contributed by atoms with Gasteiger partial charge in [-0.1, -0.05) is 18.2 Å². The molecule has 1 aliphatic heterocycles. The molecule has 1 heterocycles. The smallest absolute Gasteiger partial charge is 0.126 e. The van der Waals surface area contributed by atoms with Crippen molar-refractivity contribution < 1.29 is 4.39 Å². The molecular formula is C15H21FN2. The third kappa shape index (κ3) is 3.93. The third-order valence-corrected chi connectivity index (χ3v) is 3.31. The van der Waals surface area contributed by atoms with E-state index in [1.807, 2.05) is 12.1 Å². The van der Waals surface area contributed by atoms with Crippen LogP contribution in [0.1, 0.15) is 17.5 Å². The standard InChI is InChI=1S/C15H21FN2/c1-13-12-14(5-6-15(13)16)4-2-3-9-18-10-7-17-8-11-18/h2,4-6,12,17H,3,7-11H2,1H3/b4-2+. The molecule has 98 valence electrons. The molecule has 2 rings (SSSR count). The Hall–Kier alpha value is -1.19. The average Bonchev–Trinajstić information content (AvgIpc) is 2.40. The second-order valence-corrected chi connectivity index (χ2v) is 4.79. The minimum Gasteiger partial charge on any atom is -0.314 e. The van der Waals surface area contributed by atoms with E-state index in [1.165, 1.54) is 6.07 Å². The fraction of sp³-hybridized carbons (Fsp3) is 0.467. The van der Waals surface area contributed by atoms with Gasteiger partial charge in [-0.15, -0.1) is 0 Å². The van der Waals surface area contributed by atoms with Crippen LogP contribution in [-0.2, 0) is 0 Å². The molecule has 0 amide bonds. The number of benzene rings is 1. The van der Waals surface area contributed by atoms with Crippen molar-refractivity contribution in [3.63, 3.8) is 0 Å². The first kappa shape index (κ1) is 13.2. The first-order valence-electron chi connectivity index (χ1n) is 6.61. The molecule has 1 aliphatic rings. The van der Waals surface area contributed by atoms with E-state index >= 15 is 0 Å². The summed E-state index contributed by atoms with van der Waals surface area (Å²) in [6.07, 6.45) is 5.31. The van der Waals surface area contributed by atoms with Crippen LogP contribution in [-0.4, -0.2) is 37.6 Å². The molecule has 1 fully saturated rings. The van der Waals surface area contributed by atoms with Crippen molar-refractivity contribution in [2.75, 3.05) is 32.7 Å². The van der Waals surface area contributed by atoms with E-state index in [1.54, 1.807) is 6.92 Å². The Morgan fingerprint density at radius 2 is 2.11 bits per heavy atom. The van der Waals surface area contributed by atoms with Gasteiger partial charge in [0.05, 0.1) is 0 Å². The van der Waals surface area contributed by atoms with E-state index in [2.05, 4.69) is 22.4 Å². The summed E-state index contributed by atoms with van der Waals surface area (Å²) >= 11 is 0. The van der Waals surface area contributed by atoms with Crippen LogP contribution in [0.25, 0.3) is 6.08 Å². The predicted molar refractivity (Wildman–Crippen MR) is 74.1 cm³/mol. The average molecular weight is 248 g/mol. The summed E-state index contributed by atoms with van der Waals surface area (Å²) in [5.74, 6) is -0.132. The van der Waals surface area contributed by atoms with Crippen LogP contribution < -0.4 is 5.32 Å². The number of nitrogens with one attached hydrogen (secondary N) is 1. The van der Waals surface area contributed by atoms with Gasteiger partial charge in [0.15, 0.2) is 0 Å². The summed E-state index contributed by atoms with van der Waals surface area (Å²) in [6.45, 7) is 7.39. The van der Waals surface area contributed by atoms with Crippen LogP contribution in [0.2, 0.25) is 0 Å². The number of hydrogen-bond donors (Lipinski definition) is 1. The molecule has 1 aromatic rings. The van der Waals surface area contributed by atoms with Crippen molar-refractivity contribution in [3.8, 4) is 0 Å². The van der Waals surface area contributed by atoms with Gasteiger partial charge in [0.2, 0.25) is 0 Å². The maximum absolute atomic E-state index is 13.1. The van der Waals surface area contributed by atoms with Crippen LogP contribution in [0.3, 0.4) is 0 Å². The summed E-state index contributed by atoms with van der Waals surface area (Å²) in [6, 6.07) is 5.24. The first-order valence-corrected chi connectivity index (χ1v) is 6.61. The Labute approximate surface area is 108 Å². The topological polar surface area (TPSA) is 15.3 Å². The first-order chi connectivity index (χ1) is 8.75. The molecule has 0 aliphatic carbocycles. The lowest BCUT2D eigenvalue weighted by molar-refractivity contribution is 0.245. The largest absolute Gasteiger partial charge is 0.314 e. The number of piperazine rings is 1. The molecule has 0 radical (unpaired) electrons. The number of nitrogens with zero attached hydrogens (tertiary/aromatic N) is 1. The molecule has 18 heavy (non-hydrogen) atoms. The van der Waals surface area contributed by atoms with Gasteiger partial charge in [-0.2, -0.15) is 0 Å². The van der Waals surface area contributed by atoms with Crippen molar-refractivity contribution in [2.45, 2.75) is 13.3 Å². The van der Waals surface area contributed by atoms with E-state index in [0.29, 0.717) is 5.56 Å². The summed E-state index contributed by atoms with van der Waals surface area (Å²) in [7, 11) is 0. The summed E-state index contributed by atoms with van der Waals surface area (Å²) in [5.41, 5.74) is 1.79. The fourth-order valence-electron chi connectivity index (χ4n) is 2.18. The van der Waals surface area contributed by atoms with Crippen LogP contribution in [0.4, 0.5) is 4.39 Å². The number of halogens is 1. The van der Waals surface area contributed by atoms with E-state index in [-0.39, 0.29) is 5.82 Å². The molecule has 0 unspecified atom stereocenters. The molecule has 0 aromatic heterocycles. The highest BCUT2D eigenvalue weighted by molar-refractivity contribution is 5.50. The minimum atomic E-state index is -0.132. The molecule has 0 bridgehead atoms. The third-order valence-electron chi connectivity index (χ3n) is 3.31. The lowest BCUT2D eigenvalue weighted by Crippen LogP contribution is -2.43. The summed E-state index contributed by atoms with van der Waals surface area (Å²) in [4.78, 5) is 2.47. The van der Waals surface area contributed by atoms with Gasteiger partial charge in [0, 0.05) is 32.7 Å². The fourth-order valence-corrected chi connectivity index (χ4v) is 2.18. The van der Waals surface area contributed by atoms with Crippen molar-refractivity contribution in [2.24, 2.45) is 0 Å². The van der Waals surface area contributed by atoms with Crippen molar-refractivity contribution >= 4 is 6.08 Å². The lowest BCUT2D eigenvalue weighted by atomic mass is 10.1. The van der Waals surface area contributed by atoms with Gasteiger partial charge in [0.25, 0.3) is 0 Å². The highest BCUT2D eigenvalue weighted by Crippen LogP contribution is 2.11. The van der Waals surface area contributed by atoms with Crippen LogP contribution in [0, 0.1) is 12.7 Å². The van der Waals surface area contributed by atoms with E-state index in [0.717, 1.165) is 44.7 Å². The number of rotatable bonds is 4. The van der Waals surface area contributed by atoms with Crippen LogP contribution in [0.5, 0.6) is 0 Å². The highest BCUT2D eigenvalue weighted by atomic mass is 19.1. The zero-order valence-electron chi connectivity index (χ0n) is 11.0. The van der Waals surface area contributed by atoms with Gasteiger partial charge in [-0.25, -0.2) is 4.39 Å². The normalized spacial score (nSPS) is 17.4. The van der Waals surface area contributed by atoms with Crippen molar-refractivity contribution in [1.29, 1.82) is 0 Å². The van der Waals surface area contributed by atoms with E-state index < -0.39 is 0 Å². The molecule has 3 heteroatoms. The maximum atomic E-state index is 13.1. The highest BCUT2D eigenvalue weighted by Gasteiger charge is 2.07. The summed E-state index contributed by atoms with van der Waals surface area (Å²) in [5, 5.41) is 3.35. The number of aryl methyl sites for hydroxylation is 1. The van der Waals surface area contributed by atoms with E-state index in [4.69, 9.17) is 0 Å². The Morgan fingerprint density at radius 1 is 1.33 bits per heavy atom. The van der Waals surface area contributed by atoms with Gasteiger partial charge >= 0.3 is 0 Å². The molecule has 0 spiro atoms. The predicted octanol–water partition coefficient (Wildman–Crippen LogP) is 2.44. The Bertz CT molecular complexity index is 409. The van der Waals surface area contributed by atoms with Crippen LogP contribution >= 0.6 is 0 Å². The quantitative estimate of drug-likeness (QED) is 0.880. The van der Waals surface area contributed by atoms with Gasteiger partial charge in [0.1, 0.15) is 5.82 Å². The van der Waals surface area contributed by atoms with E-state index in [9.17, 15) is 4.39 Å². The molecule has 2 nitrogen and oxygen atoms in total. The zero-order chi connectivity index (χ0) is 12.8. The Balaban J connectivity index is 1.78. The van der Waals surface area contributed by atoms with Gasteiger partial charge in [-0.3, -0.25) is 0 Å². The molecular weight excluding hydrogens is 227 g/mol. The molecule has 0 saturated carbocycles. The Kier molecular flexibility index (Phi) is 4.90. The monoisotopic (exact) mass is 248 g/mol. The second kappa shape index (κ2) is 6.66. The van der Waals surface area contributed by atoms with Gasteiger partial charge < -0.3 is 10.2 Å². The van der Waals surface area contributed by atoms with Crippen LogP contribution in [0.15, 0.2) is 24.3 Å². The zero-order valence-corrected chi connectivity index (χ0v) is 11.0. The van der Waals surface area contributed by atoms with Crippen molar-refractivity contribution in [3.05, 3.63) is 41.2 Å². The molecule has 1 N–H and O–H groups in total.